The van der Waals surface area contributed by atoms with Crippen molar-refractivity contribution in [3.63, 3.8) is 0 Å². The lowest BCUT2D eigenvalue weighted by atomic mass is 10.1. The average molecular weight is 389 g/mol. The molecular formula is C18H19N3O5S. The molecule has 0 amide bonds. The van der Waals surface area contributed by atoms with E-state index >= 15 is 0 Å². The van der Waals surface area contributed by atoms with E-state index in [9.17, 15) is 8.42 Å². The number of ether oxygens (including phenoxy) is 2. The van der Waals surface area contributed by atoms with Gasteiger partial charge in [0.05, 0.1) is 30.4 Å². The van der Waals surface area contributed by atoms with E-state index < -0.39 is 10.0 Å². The lowest BCUT2D eigenvalue weighted by Gasteiger charge is -2.15. The number of sulfonamides is 1. The van der Waals surface area contributed by atoms with Crippen molar-refractivity contribution in [2.75, 3.05) is 18.9 Å². The first kappa shape index (κ1) is 18.7. The van der Waals surface area contributed by atoms with Gasteiger partial charge in [-0.2, -0.15) is 4.98 Å². The molecule has 0 spiro atoms. The first-order valence-corrected chi connectivity index (χ1v) is 9.48. The molecule has 142 valence electrons. The largest absolute Gasteiger partial charge is 0.493 e. The highest BCUT2D eigenvalue weighted by molar-refractivity contribution is 7.92. The van der Waals surface area contributed by atoms with E-state index in [2.05, 4.69) is 14.9 Å². The van der Waals surface area contributed by atoms with Gasteiger partial charge in [-0.15, -0.1) is 0 Å². The quantitative estimate of drug-likeness (QED) is 0.690. The first-order chi connectivity index (χ1) is 12.8. The van der Waals surface area contributed by atoms with Crippen LogP contribution in [0.5, 0.6) is 11.5 Å². The molecular weight excluding hydrogens is 370 g/mol. The first-order valence-electron chi connectivity index (χ1n) is 8.00. The topological polar surface area (TPSA) is 104 Å². The SMILES string of the molecule is COc1cc(NS(=O)(=O)c2cccc(C)c2)c(-c2nc(C)no2)cc1OC. The minimum atomic E-state index is -3.84. The van der Waals surface area contributed by atoms with Crippen LogP contribution in [0.2, 0.25) is 0 Å². The van der Waals surface area contributed by atoms with Crippen LogP contribution in [-0.2, 0) is 10.0 Å². The molecule has 0 saturated heterocycles. The van der Waals surface area contributed by atoms with Crippen LogP contribution in [0.15, 0.2) is 45.8 Å². The van der Waals surface area contributed by atoms with Gasteiger partial charge >= 0.3 is 0 Å². The van der Waals surface area contributed by atoms with Gasteiger partial charge < -0.3 is 14.0 Å². The number of hydrogen-bond donors (Lipinski definition) is 1. The number of nitrogens with zero attached hydrogens (tertiary/aromatic N) is 2. The maximum absolute atomic E-state index is 12.8. The van der Waals surface area contributed by atoms with Gasteiger partial charge in [-0.25, -0.2) is 8.42 Å². The van der Waals surface area contributed by atoms with Crippen molar-refractivity contribution in [2.24, 2.45) is 0 Å². The predicted molar refractivity (Wildman–Crippen MR) is 99.6 cm³/mol. The molecule has 0 aliphatic heterocycles. The summed E-state index contributed by atoms with van der Waals surface area (Å²) in [5, 5.41) is 3.76. The van der Waals surface area contributed by atoms with Crippen molar-refractivity contribution in [3.8, 4) is 23.0 Å². The number of nitrogens with one attached hydrogen (secondary N) is 1. The van der Waals surface area contributed by atoms with E-state index in [0.29, 0.717) is 22.9 Å². The Hall–Kier alpha value is -3.07. The predicted octanol–water partition coefficient (Wildman–Crippen LogP) is 3.17. The van der Waals surface area contributed by atoms with Gasteiger partial charge in [0.15, 0.2) is 17.3 Å². The standard InChI is InChI=1S/C18H19N3O5S/c1-11-6-5-7-13(8-11)27(22,23)21-15-10-17(25-4)16(24-3)9-14(15)18-19-12(2)20-26-18/h5-10,21H,1-4H3. The molecule has 27 heavy (non-hydrogen) atoms. The summed E-state index contributed by atoms with van der Waals surface area (Å²) >= 11 is 0. The fourth-order valence-corrected chi connectivity index (χ4v) is 3.71. The minimum absolute atomic E-state index is 0.143. The summed E-state index contributed by atoms with van der Waals surface area (Å²) in [4.78, 5) is 4.32. The molecule has 1 heterocycles. The third kappa shape index (κ3) is 3.87. The van der Waals surface area contributed by atoms with Crippen molar-refractivity contribution in [1.29, 1.82) is 0 Å². The highest BCUT2D eigenvalue weighted by Gasteiger charge is 2.22. The highest BCUT2D eigenvalue weighted by atomic mass is 32.2. The van der Waals surface area contributed by atoms with Gasteiger partial charge in [0.25, 0.3) is 15.9 Å². The van der Waals surface area contributed by atoms with Crippen molar-refractivity contribution >= 4 is 15.7 Å². The Bertz CT molecular complexity index is 1080. The van der Waals surface area contributed by atoms with Crippen molar-refractivity contribution in [2.45, 2.75) is 18.7 Å². The molecule has 9 heteroatoms. The third-order valence-corrected chi connectivity index (χ3v) is 5.19. The smallest absolute Gasteiger partial charge is 0.261 e. The monoisotopic (exact) mass is 389 g/mol. The van der Waals surface area contributed by atoms with E-state index in [-0.39, 0.29) is 16.5 Å². The Morgan fingerprint density at radius 3 is 2.33 bits per heavy atom. The number of anilines is 1. The Balaban J connectivity index is 2.13. The fraction of sp³-hybridized carbons (Fsp3) is 0.222. The summed E-state index contributed by atoms with van der Waals surface area (Å²) in [5.41, 5.74) is 1.44. The molecule has 1 aromatic heterocycles. The summed E-state index contributed by atoms with van der Waals surface area (Å²) in [5.74, 6) is 1.35. The van der Waals surface area contributed by atoms with Crippen molar-refractivity contribution < 1.29 is 22.4 Å². The zero-order chi connectivity index (χ0) is 19.6. The van der Waals surface area contributed by atoms with Crippen LogP contribution in [0, 0.1) is 13.8 Å². The van der Waals surface area contributed by atoms with Crippen molar-refractivity contribution in [1.82, 2.24) is 10.1 Å². The third-order valence-electron chi connectivity index (χ3n) is 3.83. The fourth-order valence-electron chi connectivity index (χ4n) is 2.53. The normalized spacial score (nSPS) is 11.3. The molecule has 0 saturated carbocycles. The number of hydrogen-bond acceptors (Lipinski definition) is 7. The zero-order valence-corrected chi connectivity index (χ0v) is 16.1. The zero-order valence-electron chi connectivity index (χ0n) is 15.3. The molecule has 8 nitrogen and oxygen atoms in total. The molecule has 2 aromatic carbocycles. The Morgan fingerprint density at radius 1 is 1.04 bits per heavy atom. The van der Waals surface area contributed by atoms with Crippen LogP contribution in [0.4, 0.5) is 5.69 Å². The number of aromatic nitrogens is 2. The number of rotatable bonds is 6. The van der Waals surface area contributed by atoms with Crippen LogP contribution in [-0.4, -0.2) is 32.8 Å². The van der Waals surface area contributed by atoms with Crippen molar-refractivity contribution in [3.05, 3.63) is 47.8 Å². The van der Waals surface area contributed by atoms with E-state index in [1.807, 2.05) is 13.0 Å². The van der Waals surface area contributed by atoms with Crippen LogP contribution in [0.1, 0.15) is 11.4 Å². The number of benzene rings is 2. The van der Waals surface area contributed by atoms with Crippen LogP contribution in [0.3, 0.4) is 0 Å². The van der Waals surface area contributed by atoms with E-state index in [1.165, 1.54) is 26.4 Å². The van der Waals surface area contributed by atoms with Gasteiger partial charge in [0.2, 0.25) is 0 Å². The van der Waals surface area contributed by atoms with Crippen LogP contribution in [0.25, 0.3) is 11.5 Å². The Kier molecular flexibility index (Phi) is 5.04. The van der Waals surface area contributed by atoms with E-state index in [0.717, 1.165) is 5.56 Å². The molecule has 3 aromatic rings. The van der Waals surface area contributed by atoms with Gasteiger partial charge in [0, 0.05) is 6.07 Å². The summed E-state index contributed by atoms with van der Waals surface area (Å²) in [6, 6.07) is 9.70. The van der Waals surface area contributed by atoms with E-state index in [1.54, 1.807) is 25.1 Å². The molecule has 0 bridgehead atoms. The van der Waals surface area contributed by atoms with Gasteiger partial charge in [-0.05, 0) is 37.6 Å². The van der Waals surface area contributed by atoms with E-state index in [4.69, 9.17) is 14.0 Å². The summed E-state index contributed by atoms with van der Waals surface area (Å²) in [6.07, 6.45) is 0. The minimum Gasteiger partial charge on any atom is -0.493 e. The molecule has 0 aliphatic carbocycles. The van der Waals surface area contributed by atoms with Crippen LogP contribution < -0.4 is 14.2 Å². The molecule has 1 N–H and O–H groups in total. The second-order valence-electron chi connectivity index (χ2n) is 5.82. The molecule has 0 unspecified atom stereocenters. The Labute approximate surface area is 157 Å². The molecule has 0 fully saturated rings. The molecule has 0 radical (unpaired) electrons. The maximum Gasteiger partial charge on any atom is 0.261 e. The highest BCUT2D eigenvalue weighted by Crippen LogP contribution is 2.39. The number of methoxy groups -OCH3 is 2. The molecule has 0 aliphatic rings. The van der Waals surface area contributed by atoms with Gasteiger partial charge in [-0.1, -0.05) is 17.3 Å². The second kappa shape index (κ2) is 7.28. The second-order valence-corrected chi connectivity index (χ2v) is 7.50. The maximum atomic E-state index is 12.8. The van der Waals surface area contributed by atoms with Gasteiger partial charge in [0.1, 0.15) is 0 Å². The van der Waals surface area contributed by atoms with Gasteiger partial charge in [-0.3, -0.25) is 4.72 Å². The summed E-state index contributed by atoms with van der Waals surface area (Å²) in [7, 11) is -0.891. The lowest BCUT2D eigenvalue weighted by Crippen LogP contribution is -2.14. The van der Waals surface area contributed by atoms with Crippen LogP contribution >= 0.6 is 0 Å². The molecule has 3 rings (SSSR count). The molecule has 0 atom stereocenters. The average Bonchev–Trinajstić information content (AvgIpc) is 3.07. The summed E-state index contributed by atoms with van der Waals surface area (Å²) < 4.78 is 44.1. The Morgan fingerprint density at radius 2 is 1.74 bits per heavy atom. The summed E-state index contributed by atoms with van der Waals surface area (Å²) in [6.45, 7) is 3.49. The lowest BCUT2D eigenvalue weighted by molar-refractivity contribution is 0.355. The number of aryl methyl sites for hydroxylation is 2.